The molecule has 0 aromatic carbocycles. The van der Waals surface area contributed by atoms with Crippen molar-refractivity contribution in [2.45, 2.75) is 45.4 Å². The van der Waals surface area contributed by atoms with Gasteiger partial charge in [0.25, 0.3) is 10.1 Å². The highest BCUT2D eigenvalue weighted by atomic mass is 32.2. The van der Waals surface area contributed by atoms with Crippen molar-refractivity contribution in [1.29, 1.82) is 0 Å². The van der Waals surface area contributed by atoms with Crippen molar-refractivity contribution in [1.82, 2.24) is 0 Å². The van der Waals surface area contributed by atoms with Gasteiger partial charge in [-0.2, -0.15) is 8.42 Å². The molecule has 2 aliphatic rings. The number of fused-ring (bicyclic) bond motifs is 1. The normalized spacial score (nSPS) is 12.3. The lowest BCUT2D eigenvalue weighted by atomic mass is 10.0. The van der Waals surface area contributed by atoms with Crippen LogP contribution in [-0.2, 0) is 14.3 Å². The zero-order chi connectivity index (χ0) is 15.8. The zero-order valence-corrected chi connectivity index (χ0v) is 14.0. The maximum absolute atomic E-state index is 12.3. The van der Waals surface area contributed by atoms with Gasteiger partial charge in [-0.25, -0.2) is 0 Å². The molecular weight excluding hydrogens is 284 g/mol. The number of hydrogen-bond donors (Lipinski definition) is 0. The molecule has 21 heavy (non-hydrogen) atoms. The average molecular weight is 306 g/mol. The van der Waals surface area contributed by atoms with Gasteiger partial charge >= 0.3 is 0 Å². The Morgan fingerprint density at radius 3 is 2.33 bits per heavy atom. The summed E-state index contributed by atoms with van der Waals surface area (Å²) in [6.07, 6.45) is 0. The monoisotopic (exact) mass is 306 g/mol. The van der Waals surface area contributed by atoms with E-state index in [0.717, 1.165) is 22.3 Å². The fourth-order valence-electron chi connectivity index (χ4n) is 2.56. The van der Waals surface area contributed by atoms with E-state index < -0.39 is 10.1 Å². The Morgan fingerprint density at radius 2 is 1.76 bits per heavy atom. The molecule has 0 spiro atoms. The minimum Gasteiger partial charge on any atom is -0.267 e. The largest absolute Gasteiger partial charge is 0.297 e. The SMILES string of the molecule is CCOS(=O)(=O)c1cc(C)c2cc(C(C)C)ccc(C)c1-2. The van der Waals surface area contributed by atoms with Gasteiger partial charge in [0.1, 0.15) is 4.90 Å². The Balaban J connectivity index is 2.77. The molecule has 3 nitrogen and oxygen atoms in total. The second-order valence-corrected chi connectivity index (χ2v) is 7.24. The second-order valence-electron chi connectivity index (χ2n) is 5.66. The molecule has 2 aliphatic carbocycles. The van der Waals surface area contributed by atoms with Gasteiger partial charge in [0, 0.05) is 5.56 Å². The fraction of sp³-hybridized carbons (Fsp3) is 0.412. The van der Waals surface area contributed by atoms with Crippen LogP contribution in [0.25, 0.3) is 11.1 Å². The molecule has 0 aromatic rings. The predicted octanol–water partition coefficient (Wildman–Crippen LogP) is 4.26. The fourth-order valence-corrected chi connectivity index (χ4v) is 3.84. The van der Waals surface area contributed by atoms with E-state index in [-0.39, 0.29) is 11.5 Å². The third kappa shape index (κ3) is 2.97. The highest BCUT2D eigenvalue weighted by Gasteiger charge is 2.25. The summed E-state index contributed by atoms with van der Waals surface area (Å²) in [5, 5.41) is 0. The van der Waals surface area contributed by atoms with Crippen LogP contribution in [0.2, 0.25) is 0 Å². The van der Waals surface area contributed by atoms with E-state index in [9.17, 15) is 8.42 Å². The van der Waals surface area contributed by atoms with Crippen molar-refractivity contribution < 1.29 is 12.6 Å². The molecule has 0 heterocycles. The molecule has 0 fully saturated rings. The van der Waals surface area contributed by atoms with Crippen LogP contribution in [-0.4, -0.2) is 15.0 Å². The van der Waals surface area contributed by atoms with Gasteiger partial charge in [0.05, 0.1) is 6.61 Å². The van der Waals surface area contributed by atoms with Crippen molar-refractivity contribution in [2.24, 2.45) is 0 Å². The van der Waals surface area contributed by atoms with Crippen LogP contribution < -0.4 is 0 Å². The van der Waals surface area contributed by atoms with Crippen LogP contribution in [0.4, 0.5) is 0 Å². The highest BCUT2D eigenvalue weighted by molar-refractivity contribution is 7.87. The Kier molecular flexibility index (Phi) is 4.40. The molecule has 0 N–H and O–H groups in total. The number of aryl methyl sites for hydroxylation is 2. The van der Waals surface area contributed by atoms with Crippen LogP contribution in [0.15, 0.2) is 29.2 Å². The molecule has 114 valence electrons. The first-order chi connectivity index (χ1) is 9.77. The minimum absolute atomic E-state index is 0.142. The molecular formula is C17H22O3S. The molecule has 0 aliphatic heterocycles. The number of rotatable bonds is 4. The molecule has 0 saturated carbocycles. The molecule has 0 saturated heterocycles. The first-order valence-electron chi connectivity index (χ1n) is 7.21. The van der Waals surface area contributed by atoms with Gasteiger partial charge < -0.3 is 0 Å². The van der Waals surface area contributed by atoms with Crippen LogP contribution in [0.3, 0.4) is 0 Å². The zero-order valence-electron chi connectivity index (χ0n) is 13.2. The van der Waals surface area contributed by atoms with Gasteiger partial charge in [-0.05, 0) is 55.0 Å². The van der Waals surface area contributed by atoms with Gasteiger partial charge in [0.15, 0.2) is 0 Å². The highest BCUT2D eigenvalue weighted by Crippen LogP contribution is 2.39. The summed E-state index contributed by atoms with van der Waals surface area (Å²) in [6, 6.07) is 7.86. The molecule has 0 unspecified atom stereocenters. The van der Waals surface area contributed by atoms with Gasteiger partial charge in [-0.1, -0.05) is 32.0 Å². The summed E-state index contributed by atoms with van der Waals surface area (Å²) in [5.74, 6) is 0.390. The Labute approximate surface area is 127 Å². The molecule has 0 amide bonds. The standard InChI is InChI=1S/C17H22O3S/c1-6-20-21(18,19)16-9-13(5)15-10-14(11(2)3)8-7-12(4)17(15)16/h7-11H,6H2,1-5H3. The Hall–Kier alpha value is -1.39. The van der Waals surface area contributed by atoms with Crippen LogP contribution in [0.1, 0.15) is 43.4 Å². The van der Waals surface area contributed by atoms with Crippen molar-refractivity contribution in [3.63, 3.8) is 0 Å². The van der Waals surface area contributed by atoms with Crippen LogP contribution in [0, 0.1) is 13.8 Å². The van der Waals surface area contributed by atoms with E-state index in [2.05, 4.69) is 26.0 Å². The van der Waals surface area contributed by atoms with Crippen molar-refractivity contribution >= 4 is 10.1 Å². The lowest BCUT2D eigenvalue weighted by Gasteiger charge is -2.06. The van der Waals surface area contributed by atoms with Crippen LogP contribution >= 0.6 is 0 Å². The van der Waals surface area contributed by atoms with Crippen molar-refractivity contribution in [3.05, 3.63) is 41.0 Å². The van der Waals surface area contributed by atoms with Crippen molar-refractivity contribution in [2.75, 3.05) is 6.61 Å². The second kappa shape index (κ2) is 5.78. The summed E-state index contributed by atoms with van der Waals surface area (Å²) in [6.45, 7) is 9.97. The summed E-state index contributed by atoms with van der Waals surface area (Å²) in [4.78, 5) is 0.278. The quantitative estimate of drug-likeness (QED) is 0.793. The average Bonchev–Trinajstić information content (AvgIpc) is 2.61. The first-order valence-corrected chi connectivity index (χ1v) is 8.62. The smallest absolute Gasteiger partial charge is 0.267 e. The molecule has 0 aromatic heterocycles. The molecule has 2 rings (SSSR count). The molecule has 0 atom stereocenters. The van der Waals surface area contributed by atoms with Crippen LogP contribution in [0.5, 0.6) is 0 Å². The van der Waals surface area contributed by atoms with Gasteiger partial charge in [0.2, 0.25) is 0 Å². The van der Waals surface area contributed by atoms with E-state index in [1.165, 1.54) is 5.56 Å². The van der Waals surface area contributed by atoms with Gasteiger partial charge in [-0.3, -0.25) is 4.18 Å². The summed E-state index contributed by atoms with van der Waals surface area (Å²) in [5.41, 5.74) is 4.86. The Bertz CT molecular complexity index is 730. The van der Waals surface area contributed by atoms with E-state index in [4.69, 9.17) is 4.18 Å². The van der Waals surface area contributed by atoms with E-state index in [1.54, 1.807) is 13.0 Å². The lowest BCUT2D eigenvalue weighted by Crippen LogP contribution is -2.06. The Morgan fingerprint density at radius 1 is 1.10 bits per heavy atom. The molecule has 0 radical (unpaired) electrons. The summed E-state index contributed by atoms with van der Waals surface area (Å²) >= 11 is 0. The van der Waals surface area contributed by atoms with E-state index in [1.807, 2.05) is 19.9 Å². The molecule has 0 bridgehead atoms. The minimum atomic E-state index is -3.70. The summed E-state index contributed by atoms with van der Waals surface area (Å²) < 4.78 is 29.6. The summed E-state index contributed by atoms with van der Waals surface area (Å²) in [7, 11) is -3.70. The van der Waals surface area contributed by atoms with Crippen molar-refractivity contribution in [3.8, 4) is 11.1 Å². The third-order valence-corrected chi connectivity index (χ3v) is 5.13. The first kappa shape index (κ1) is 16.0. The van der Waals surface area contributed by atoms with Gasteiger partial charge in [-0.15, -0.1) is 0 Å². The maximum atomic E-state index is 12.3. The van der Waals surface area contributed by atoms with E-state index >= 15 is 0 Å². The maximum Gasteiger partial charge on any atom is 0.297 e. The lowest BCUT2D eigenvalue weighted by molar-refractivity contribution is 0.338. The van der Waals surface area contributed by atoms with E-state index in [0.29, 0.717) is 5.92 Å². The number of hydrogen-bond acceptors (Lipinski definition) is 3. The molecule has 4 heteroatoms. The predicted molar refractivity (Wildman–Crippen MR) is 85.4 cm³/mol. The topological polar surface area (TPSA) is 43.4 Å². The third-order valence-electron chi connectivity index (χ3n) is 3.73.